The summed E-state index contributed by atoms with van der Waals surface area (Å²) in [6.07, 6.45) is 0.662. The van der Waals surface area contributed by atoms with Gasteiger partial charge in [0.05, 0.1) is 4.92 Å². The maximum Gasteiger partial charge on any atom is 0.269 e. The van der Waals surface area contributed by atoms with Gasteiger partial charge in [-0.25, -0.2) is 4.39 Å². The average Bonchev–Trinajstić information content (AvgIpc) is 2.58. The van der Waals surface area contributed by atoms with E-state index < -0.39 is 4.92 Å². The highest BCUT2D eigenvalue weighted by Gasteiger charge is 2.06. The van der Waals surface area contributed by atoms with E-state index in [0.717, 1.165) is 11.1 Å². The highest BCUT2D eigenvalue weighted by atomic mass is 127. The van der Waals surface area contributed by atoms with Crippen LogP contribution >= 0.6 is 24.0 Å². The van der Waals surface area contributed by atoms with Crippen LogP contribution in [0.2, 0.25) is 0 Å². The summed E-state index contributed by atoms with van der Waals surface area (Å²) in [6.45, 7) is 1.01. The standard InChI is InChI=1S/C17H19FN4O2.HI/c1-19-17(20-9-8-13-4-2-6-15(18)10-13)21-12-14-5-3-7-16(11-14)22(23)24;/h2-7,10-11H,8-9,12H2,1H3,(H2,19,20,21);1H. The molecule has 0 heterocycles. The van der Waals surface area contributed by atoms with Gasteiger partial charge in [0.2, 0.25) is 0 Å². The fourth-order valence-corrected chi connectivity index (χ4v) is 2.20. The zero-order valence-corrected chi connectivity index (χ0v) is 16.1. The number of aliphatic imine (C=N–C) groups is 1. The number of hydrogen-bond acceptors (Lipinski definition) is 3. The molecule has 0 aliphatic heterocycles. The van der Waals surface area contributed by atoms with E-state index in [1.807, 2.05) is 6.07 Å². The summed E-state index contributed by atoms with van der Waals surface area (Å²) in [5.41, 5.74) is 1.75. The number of benzene rings is 2. The largest absolute Gasteiger partial charge is 0.356 e. The van der Waals surface area contributed by atoms with Crippen LogP contribution in [0.25, 0.3) is 0 Å². The quantitative estimate of drug-likeness (QED) is 0.229. The molecule has 0 saturated carbocycles. The summed E-state index contributed by atoms with van der Waals surface area (Å²) in [7, 11) is 1.64. The molecule has 0 saturated heterocycles. The first-order valence-corrected chi connectivity index (χ1v) is 7.51. The number of nitro groups is 1. The van der Waals surface area contributed by atoms with Crippen LogP contribution in [0.5, 0.6) is 0 Å². The molecule has 0 bridgehead atoms. The zero-order chi connectivity index (χ0) is 17.4. The second-order valence-corrected chi connectivity index (χ2v) is 5.16. The first-order chi connectivity index (χ1) is 11.6. The molecule has 2 N–H and O–H groups in total. The summed E-state index contributed by atoms with van der Waals surface area (Å²) in [4.78, 5) is 14.4. The molecule has 8 heteroatoms. The SMILES string of the molecule is CN=C(NCCc1cccc(F)c1)NCc1cccc([N+](=O)[O-])c1.I. The predicted octanol–water partition coefficient (Wildman–Crippen LogP) is 3.26. The Bertz CT molecular complexity index is 740. The monoisotopic (exact) mass is 458 g/mol. The third kappa shape index (κ3) is 7.04. The van der Waals surface area contributed by atoms with Crippen molar-refractivity contribution in [3.63, 3.8) is 0 Å². The topological polar surface area (TPSA) is 79.6 Å². The summed E-state index contributed by atoms with van der Waals surface area (Å²) >= 11 is 0. The van der Waals surface area contributed by atoms with Crippen LogP contribution in [-0.4, -0.2) is 24.5 Å². The van der Waals surface area contributed by atoms with Gasteiger partial charge in [-0.1, -0.05) is 24.3 Å². The fourth-order valence-electron chi connectivity index (χ4n) is 2.20. The van der Waals surface area contributed by atoms with E-state index in [0.29, 0.717) is 25.5 Å². The normalized spacial score (nSPS) is 10.7. The van der Waals surface area contributed by atoms with Crippen LogP contribution in [-0.2, 0) is 13.0 Å². The number of halogens is 2. The summed E-state index contributed by atoms with van der Waals surface area (Å²) in [5, 5.41) is 17.0. The molecule has 0 aliphatic rings. The molecule has 2 aromatic rings. The van der Waals surface area contributed by atoms with Crippen molar-refractivity contribution in [2.75, 3.05) is 13.6 Å². The third-order valence-electron chi connectivity index (χ3n) is 3.40. The maximum atomic E-state index is 13.1. The summed E-state index contributed by atoms with van der Waals surface area (Å²) < 4.78 is 13.1. The van der Waals surface area contributed by atoms with E-state index in [4.69, 9.17) is 0 Å². The van der Waals surface area contributed by atoms with Crippen LogP contribution in [0.15, 0.2) is 53.5 Å². The lowest BCUT2D eigenvalue weighted by molar-refractivity contribution is -0.384. The molecule has 0 atom stereocenters. The molecular weight excluding hydrogens is 438 g/mol. The van der Waals surface area contributed by atoms with Crippen LogP contribution in [0.4, 0.5) is 10.1 Å². The van der Waals surface area contributed by atoms with Gasteiger partial charge in [-0.15, -0.1) is 24.0 Å². The lowest BCUT2D eigenvalue weighted by Crippen LogP contribution is -2.37. The number of rotatable bonds is 6. The molecule has 25 heavy (non-hydrogen) atoms. The number of nitrogens with one attached hydrogen (secondary N) is 2. The van der Waals surface area contributed by atoms with E-state index in [1.54, 1.807) is 25.2 Å². The lowest BCUT2D eigenvalue weighted by atomic mass is 10.1. The van der Waals surface area contributed by atoms with E-state index in [9.17, 15) is 14.5 Å². The molecule has 0 amide bonds. The van der Waals surface area contributed by atoms with Crippen molar-refractivity contribution in [3.05, 3.63) is 75.6 Å². The Hall–Kier alpha value is -2.23. The predicted molar refractivity (Wildman–Crippen MR) is 107 cm³/mol. The average molecular weight is 458 g/mol. The molecule has 0 fully saturated rings. The first-order valence-electron chi connectivity index (χ1n) is 7.51. The minimum atomic E-state index is -0.421. The van der Waals surface area contributed by atoms with Gasteiger partial charge in [0.25, 0.3) is 5.69 Å². The molecule has 0 radical (unpaired) electrons. The molecular formula is C17H20FIN4O2. The third-order valence-corrected chi connectivity index (χ3v) is 3.40. The number of nitro benzene ring substituents is 1. The lowest BCUT2D eigenvalue weighted by Gasteiger charge is -2.12. The van der Waals surface area contributed by atoms with Gasteiger partial charge < -0.3 is 10.6 Å². The van der Waals surface area contributed by atoms with Gasteiger partial charge in [0.15, 0.2) is 5.96 Å². The Morgan fingerprint density at radius 2 is 1.88 bits per heavy atom. The van der Waals surface area contributed by atoms with Gasteiger partial charge in [-0.3, -0.25) is 15.1 Å². The van der Waals surface area contributed by atoms with Crippen molar-refractivity contribution < 1.29 is 9.31 Å². The molecule has 0 unspecified atom stereocenters. The first kappa shape index (κ1) is 20.8. The molecule has 2 aromatic carbocycles. The van der Waals surface area contributed by atoms with Crippen molar-refractivity contribution in [3.8, 4) is 0 Å². The molecule has 0 aromatic heterocycles. The fraction of sp³-hybridized carbons (Fsp3) is 0.235. The second-order valence-electron chi connectivity index (χ2n) is 5.16. The van der Waals surface area contributed by atoms with E-state index >= 15 is 0 Å². The van der Waals surface area contributed by atoms with E-state index in [1.165, 1.54) is 24.3 Å². The molecule has 2 rings (SSSR count). The maximum absolute atomic E-state index is 13.1. The smallest absolute Gasteiger partial charge is 0.269 e. The molecule has 6 nitrogen and oxygen atoms in total. The highest BCUT2D eigenvalue weighted by molar-refractivity contribution is 14.0. The van der Waals surface area contributed by atoms with Gasteiger partial charge in [0.1, 0.15) is 5.82 Å². The van der Waals surface area contributed by atoms with Crippen LogP contribution in [0.1, 0.15) is 11.1 Å². The minimum absolute atomic E-state index is 0. The Labute approximate surface area is 162 Å². The Balaban J connectivity index is 0.00000312. The Morgan fingerprint density at radius 3 is 2.56 bits per heavy atom. The second kappa shape index (κ2) is 10.6. The van der Waals surface area contributed by atoms with Gasteiger partial charge >= 0.3 is 0 Å². The molecule has 134 valence electrons. The molecule has 0 aliphatic carbocycles. The Morgan fingerprint density at radius 1 is 1.16 bits per heavy atom. The minimum Gasteiger partial charge on any atom is -0.356 e. The Kier molecular flexibility index (Phi) is 8.82. The summed E-state index contributed by atoms with van der Waals surface area (Å²) in [5.74, 6) is 0.332. The van der Waals surface area contributed by atoms with Crippen molar-refractivity contribution in [2.45, 2.75) is 13.0 Å². The van der Waals surface area contributed by atoms with Crippen molar-refractivity contribution in [2.24, 2.45) is 4.99 Å². The highest BCUT2D eigenvalue weighted by Crippen LogP contribution is 2.12. The van der Waals surface area contributed by atoms with Crippen molar-refractivity contribution in [1.29, 1.82) is 0 Å². The van der Waals surface area contributed by atoms with Crippen LogP contribution in [0.3, 0.4) is 0 Å². The van der Waals surface area contributed by atoms with E-state index in [2.05, 4.69) is 15.6 Å². The van der Waals surface area contributed by atoms with Crippen molar-refractivity contribution >= 4 is 35.6 Å². The number of nitrogens with zero attached hydrogens (tertiary/aromatic N) is 2. The van der Waals surface area contributed by atoms with Gasteiger partial charge in [-0.05, 0) is 29.7 Å². The summed E-state index contributed by atoms with van der Waals surface area (Å²) in [6, 6.07) is 12.9. The van der Waals surface area contributed by atoms with Crippen LogP contribution < -0.4 is 10.6 Å². The van der Waals surface area contributed by atoms with Crippen molar-refractivity contribution in [1.82, 2.24) is 10.6 Å². The number of non-ortho nitro benzene ring substituents is 1. The van der Waals surface area contributed by atoms with Gasteiger partial charge in [-0.2, -0.15) is 0 Å². The van der Waals surface area contributed by atoms with E-state index in [-0.39, 0.29) is 35.5 Å². The number of hydrogen-bond donors (Lipinski definition) is 2. The zero-order valence-electron chi connectivity index (χ0n) is 13.7. The van der Waals surface area contributed by atoms with Gasteiger partial charge in [0, 0.05) is 32.3 Å². The number of guanidine groups is 1. The molecule has 0 spiro atoms. The van der Waals surface area contributed by atoms with Crippen LogP contribution in [0, 0.1) is 15.9 Å².